The van der Waals surface area contributed by atoms with Crippen LogP contribution in [0.3, 0.4) is 0 Å². The summed E-state index contributed by atoms with van der Waals surface area (Å²) in [5.41, 5.74) is 1.87. The number of amides is 1. The summed E-state index contributed by atoms with van der Waals surface area (Å²) in [6.45, 7) is 2.41. The van der Waals surface area contributed by atoms with Crippen molar-refractivity contribution in [2.24, 2.45) is 0 Å². The van der Waals surface area contributed by atoms with Crippen molar-refractivity contribution in [2.75, 3.05) is 5.33 Å². The molecule has 0 saturated carbocycles. The second-order valence-corrected chi connectivity index (χ2v) is 2.95. The van der Waals surface area contributed by atoms with E-state index >= 15 is 0 Å². The van der Waals surface area contributed by atoms with Crippen molar-refractivity contribution in [3.63, 3.8) is 0 Å². The van der Waals surface area contributed by atoms with Crippen molar-refractivity contribution < 1.29 is 4.79 Å². The number of aromatic amines is 1. The number of carbonyl (C=O) groups is 1. The SMILES string of the molecule is Cc1[nH]cnc1CNC(=O)CBr. The summed E-state index contributed by atoms with van der Waals surface area (Å²) in [7, 11) is 0. The summed E-state index contributed by atoms with van der Waals surface area (Å²) >= 11 is 3.06. The van der Waals surface area contributed by atoms with Gasteiger partial charge in [0.1, 0.15) is 0 Å². The molecule has 2 N–H and O–H groups in total. The van der Waals surface area contributed by atoms with Gasteiger partial charge in [-0.25, -0.2) is 4.98 Å². The Morgan fingerprint density at radius 3 is 3.08 bits per heavy atom. The third kappa shape index (κ3) is 2.34. The molecule has 1 rings (SSSR count). The molecule has 0 spiro atoms. The molecule has 0 aliphatic carbocycles. The number of nitrogens with zero attached hydrogens (tertiary/aromatic N) is 1. The van der Waals surface area contributed by atoms with Gasteiger partial charge in [-0.15, -0.1) is 0 Å². The van der Waals surface area contributed by atoms with Crippen LogP contribution < -0.4 is 5.32 Å². The highest BCUT2D eigenvalue weighted by Gasteiger charge is 2.02. The van der Waals surface area contributed by atoms with Crippen molar-refractivity contribution >= 4 is 21.8 Å². The fourth-order valence-electron chi connectivity index (χ4n) is 0.795. The predicted octanol–water partition coefficient (Wildman–Crippen LogP) is 0.729. The summed E-state index contributed by atoms with van der Waals surface area (Å²) < 4.78 is 0. The zero-order valence-electron chi connectivity index (χ0n) is 6.72. The maximum absolute atomic E-state index is 10.8. The van der Waals surface area contributed by atoms with Crippen molar-refractivity contribution in [2.45, 2.75) is 13.5 Å². The maximum Gasteiger partial charge on any atom is 0.230 e. The molecular formula is C7H10BrN3O. The number of halogens is 1. The van der Waals surface area contributed by atoms with E-state index in [1.165, 1.54) is 0 Å². The number of rotatable bonds is 3. The van der Waals surface area contributed by atoms with Crippen LogP contribution in [0.4, 0.5) is 0 Å². The first-order valence-electron chi connectivity index (χ1n) is 3.55. The third-order valence-electron chi connectivity index (χ3n) is 1.51. The topological polar surface area (TPSA) is 57.8 Å². The van der Waals surface area contributed by atoms with Crippen molar-refractivity contribution in [1.82, 2.24) is 15.3 Å². The minimum atomic E-state index is -0.0302. The predicted molar refractivity (Wildman–Crippen MR) is 49.0 cm³/mol. The van der Waals surface area contributed by atoms with Crippen LogP contribution in [-0.2, 0) is 11.3 Å². The lowest BCUT2D eigenvalue weighted by Gasteiger charge is -1.99. The van der Waals surface area contributed by atoms with E-state index in [0.29, 0.717) is 11.9 Å². The minimum absolute atomic E-state index is 0.0302. The van der Waals surface area contributed by atoms with Gasteiger partial charge in [-0.05, 0) is 6.92 Å². The third-order valence-corrected chi connectivity index (χ3v) is 2.02. The van der Waals surface area contributed by atoms with Crippen molar-refractivity contribution in [3.8, 4) is 0 Å². The zero-order valence-corrected chi connectivity index (χ0v) is 8.31. The normalized spacial score (nSPS) is 9.83. The molecule has 0 fully saturated rings. The van der Waals surface area contributed by atoms with Gasteiger partial charge in [-0.3, -0.25) is 4.79 Å². The molecule has 0 unspecified atom stereocenters. The molecule has 1 aromatic rings. The molecule has 0 atom stereocenters. The lowest BCUT2D eigenvalue weighted by molar-refractivity contribution is -0.118. The fourth-order valence-corrected chi connectivity index (χ4v) is 0.993. The molecule has 0 aliphatic rings. The van der Waals surface area contributed by atoms with E-state index < -0.39 is 0 Å². The molecule has 0 aromatic carbocycles. The summed E-state index contributed by atoms with van der Waals surface area (Å²) in [4.78, 5) is 17.8. The van der Waals surface area contributed by atoms with E-state index in [-0.39, 0.29) is 5.91 Å². The molecule has 1 amide bonds. The van der Waals surface area contributed by atoms with Gasteiger partial charge in [0.15, 0.2) is 0 Å². The van der Waals surface area contributed by atoms with Gasteiger partial charge < -0.3 is 10.3 Å². The quantitative estimate of drug-likeness (QED) is 0.754. The van der Waals surface area contributed by atoms with Gasteiger partial charge in [-0.2, -0.15) is 0 Å². The first-order chi connectivity index (χ1) is 5.74. The number of aryl methyl sites for hydroxylation is 1. The van der Waals surface area contributed by atoms with E-state index in [1.807, 2.05) is 6.92 Å². The number of carbonyl (C=O) groups excluding carboxylic acids is 1. The second kappa shape index (κ2) is 4.25. The Morgan fingerprint density at radius 1 is 1.83 bits per heavy atom. The second-order valence-electron chi connectivity index (χ2n) is 2.38. The molecule has 1 aromatic heterocycles. The van der Waals surface area contributed by atoms with Gasteiger partial charge in [0.25, 0.3) is 0 Å². The van der Waals surface area contributed by atoms with Crippen LogP contribution in [0.25, 0.3) is 0 Å². The average Bonchev–Trinajstić information content (AvgIpc) is 2.47. The van der Waals surface area contributed by atoms with E-state index in [4.69, 9.17) is 0 Å². The highest BCUT2D eigenvalue weighted by molar-refractivity contribution is 9.09. The molecule has 0 aliphatic heterocycles. The number of imidazole rings is 1. The molecule has 1 heterocycles. The molecule has 0 saturated heterocycles. The van der Waals surface area contributed by atoms with E-state index in [2.05, 4.69) is 31.2 Å². The van der Waals surface area contributed by atoms with Gasteiger partial charge in [0.2, 0.25) is 5.91 Å². The highest BCUT2D eigenvalue weighted by atomic mass is 79.9. The van der Waals surface area contributed by atoms with Crippen LogP contribution in [-0.4, -0.2) is 21.2 Å². The summed E-state index contributed by atoms with van der Waals surface area (Å²) in [6.07, 6.45) is 1.62. The Morgan fingerprint density at radius 2 is 2.58 bits per heavy atom. The van der Waals surface area contributed by atoms with E-state index in [1.54, 1.807) is 6.33 Å². The number of H-pyrrole nitrogens is 1. The van der Waals surface area contributed by atoms with Crippen molar-refractivity contribution in [3.05, 3.63) is 17.7 Å². The minimum Gasteiger partial charge on any atom is -0.350 e. The average molecular weight is 232 g/mol. The van der Waals surface area contributed by atoms with Gasteiger partial charge >= 0.3 is 0 Å². The Kier molecular flexibility index (Phi) is 3.28. The molecular weight excluding hydrogens is 222 g/mol. The Labute approximate surface area is 78.9 Å². The van der Waals surface area contributed by atoms with Crippen LogP contribution in [0.1, 0.15) is 11.4 Å². The van der Waals surface area contributed by atoms with E-state index in [0.717, 1.165) is 11.4 Å². The number of hydrogen-bond acceptors (Lipinski definition) is 2. The maximum atomic E-state index is 10.8. The Bertz CT molecular complexity index is 271. The molecule has 0 bridgehead atoms. The van der Waals surface area contributed by atoms with Gasteiger partial charge in [0, 0.05) is 5.69 Å². The fraction of sp³-hybridized carbons (Fsp3) is 0.429. The van der Waals surface area contributed by atoms with Gasteiger partial charge in [-0.1, -0.05) is 15.9 Å². The van der Waals surface area contributed by atoms with Crippen LogP contribution in [0, 0.1) is 6.92 Å². The smallest absolute Gasteiger partial charge is 0.230 e. The summed E-state index contributed by atoms with van der Waals surface area (Å²) in [5, 5.41) is 3.04. The number of hydrogen-bond donors (Lipinski definition) is 2. The standard InChI is InChI=1S/C7H10BrN3O/c1-5-6(11-4-10-5)3-9-7(12)2-8/h4H,2-3H2,1H3,(H,9,12)(H,10,11). The number of nitrogens with one attached hydrogen (secondary N) is 2. The molecule has 66 valence electrons. The highest BCUT2D eigenvalue weighted by Crippen LogP contribution is 1.98. The summed E-state index contributed by atoms with van der Waals surface area (Å²) in [5.74, 6) is -0.0302. The monoisotopic (exact) mass is 231 g/mol. The molecule has 5 heteroatoms. The zero-order chi connectivity index (χ0) is 8.97. The van der Waals surface area contributed by atoms with Crippen LogP contribution in [0.15, 0.2) is 6.33 Å². The van der Waals surface area contributed by atoms with Gasteiger partial charge in [0.05, 0.1) is 23.9 Å². The van der Waals surface area contributed by atoms with Crippen LogP contribution in [0.5, 0.6) is 0 Å². The lowest BCUT2D eigenvalue weighted by atomic mass is 10.3. The van der Waals surface area contributed by atoms with Crippen LogP contribution >= 0.6 is 15.9 Å². The number of alkyl halides is 1. The molecule has 12 heavy (non-hydrogen) atoms. The van der Waals surface area contributed by atoms with Crippen LogP contribution in [0.2, 0.25) is 0 Å². The van der Waals surface area contributed by atoms with Crippen molar-refractivity contribution in [1.29, 1.82) is 0 Å². The Balaban J connectivity index is 2.43. The summed E-state index contributed by atoms with van der Waals surface area (Å²) in [6, 6.07) is 0. The molecule has 0 radical (unpaired) electrons. The largest absolute Gasteiger partial charge is 0.350 e. The lowest BCUT2D eigenvalue weighted by Crippen LogP contribution is -2.24. The Hall–Kier alpha value is -0.840. The number of aromatic nitrogens is 2. The first kappa shape index (κ1) is 9.25. The first-order valence-corrected chi connectivity index (χ1v) is 4.67. The molecule has 4 nitrogen and oxygen atoms in total. The van der Waals surface area contributed by atoms with E-state index in [9.17, 15) is 4.79 Å².